The molecule has 1 fully saturated rings. The third kappa shape index (κ3) is 2.94. The lowest BCUT2D eigenvalue weighted by molar-refractivity contribution is -0.141. The summed E-state index contributed by atoms with van der Waals surface area (Å²) in [6, 6.07) is 6.10. The van der Waals surface area contributed by atoms with Gasteiger partial charge in [0.15, 0.2) is 0 Å². The number of carboxylic acids is 1. The molecule has 0 saturated heterocycles. The highest BCUT2D eigenvalue weighted by atomic mass is 16.4. The second kappa shape index (κ2) is 5.88. The number of carbonyl (C=O) groups is 2. The van der Waals surface area contributed by atoms with Gasteiger partial charge in [0.25, 0.3) is 0 Å². The molecule has 0 aromatic heterocycles. The molecule has 3 rings (SSSR count). The third-order valence-corrected chi connectivity index (χ3v) is 4.81. The van der Waals surface area contributed by atoms with Crippen molar-refractivity contribution >= 4 is 17.6 Å². The van der Waals surface area contributed by atoms with Crippen molar-refractivity contribution in [2.75, 3.05) is 5.32 Å². The average molecular weight is 287 g/mol. The van der Waals surface area contributed by atoms with Crippen molar-refractivity contribution in [1.82, 2.24) is 0 Å². The summed E-state index contributed by atoms with van der Waals surface area (Å²) in [6.45, 7) is 0. The first-order chi connectivity index (χ1) is 10.1. The molecule has 2 unspecified atom stereocenters. The Morgan fingerprint density at radius 2 is 1.86 bits per heavy atom. The van der Waals surface area contributed by atoms with E-state index in [1.54, 1.807) is 0 Å². The van der Waals surface area contributed by atoms with Crippen molar-refractivity contribution in [3.63, 3.8) is 0 Å². The van der Waals surface area contributed by atoms with Crippen LogP contribution in [0.25, 0.3) is 0 Å². The molecule has 1 aromatic rings. The van der Waals surface area contributed by atoms with Gasteiger partial charge in [-0.05, 0) is 62.1 Å². The summed E-state index contributed by atoms with van der Waals surface area (Å²) in [4.78, 5) is 23.4. The minimum absolute atomic E-state index is 0.0160. The monoisotopic (exact) mass is 287 g/mol. The Balaban J connectivity index is 1.70. The quantitative estimate of drug-likeness (QED) is 0.898. The molecule has 0 heterocycles. The van der Waals surface area contributed by atoms with E-state index in [1.807, 2.05) is 12.1 Å². The van der Waals surface area contributed by atoms with E-state index in [2.05, 4.69) is 11.4 Å². The number of nitrogens with one attached hydrogen (secondary N) is 1. The van der Waals surface area contributed by atoms with E-state index in [-0.39, 0.29) is 17.7 Å². The first-order valence-electron chi connectivity index (χ1n) is 7.79. The van der Waals surface area contributed by atoms with Crippen LogP contribution in [0.1, 0.15) is 43.2 Å². The largest absolute Gasteiger partial charge is 0.481 e. The van der Waals surface area contributed by atoms with Crippen molar-refractivity contribution in [2.45, 2.75) is 44.9 Å². The van der Waals surface area contributed by atoms with Gasteiger partial charge in [0, 0.05) is 11.6 Å². The van der Waals surface area contributed by atoms with Crippen molar-refractivity contribution in [3.05, 3.63) is 29.3 Å². The number of benzene rings is 1. The zero-order valence-electron chi connectivity index (χ0n) is 12.1. The molecular weight excluding hydrogens is 266 g/mol. The minimum atomic E-state index is -0.776. The Bertz CT molecular complexity index is 567. The molecule has 2 atom stereocenters. The molecule has 1 amide bonds. The second-order valence-corrected chi connectivity index (χ2v) is 6.18. The number of carbonyl (C=O) groups excluding carboxylic acids is 1. The Kier molecular flexibility index (Phi) is 3.95. The van der Waals surface area contributed by atoms with E-state index >= 15 is 0 Å². The van der Waals surface area contributed by atoms with Crippen molar-refractivity contribution < 1.29 is 14.7 Å². The summed E-state index contributed by atoms with van der Waals surface area (Å²) >= 11 is 0. The van der Waals surface area contributed by atoms with Crippen LogP contribution >= 0.6 is 0 Å². The van der Waals surface area contributed by atoms with Gasteiger partial charge in [-0.15, -0.1) is 0 Å². The molecule has 4 nitrogen and oxygen atoms in total. The predicted octanol–water partition coefficient (Wildman–Crippen LogP) is 3.00. The van der Waals surface area contributed by atoms with Gasteiger partial charge in [-0.3, -0.25) is 9.59 Å². The van der Waals surface area contributed by atoms with Crippen LogP contribution in [-0.4, -0.2) is 17.0 Å². The number of carboxylic acid groups (broad SMARTS) is 1. The van der Waals surface area contributed by atoms with Gasteiger partial charge in [-0.2, -0.15) is 0 Å². The number of amides is 1. The van der Waals surface area contributed by atoms with E-state index < -0.39 is 5.97 Å². The number of rotatable bonds is 3. The number of aryl methyl sites for hydroxylation is 1. The fraction of sp³-hybridized carbons (Fsp3) is 0.529. The van der Waals surface area contributed by atoms with Gasteiger partial charge < -0.3 is 10.4 Å². The summed E-state index contributed by atoms with van der Waals surface area (Å²) in [5, 5.41) is 12.1. The molecule has 0 radical (unpaired) electrons. The summed E-state index contributed by atoms with van der Waals surface area (Å²) in [7, 11) is 0. The molecule has 112 valence electrons. The fourth-order valence-corrected chi connectivity index (χ4v) is 3.58. The maximum absolute atomic E-state index is 12.4. The first-order valence-corrected chi connectivity index (χ1v) is 7.79. The third-order valence-electron chi connectivity index (χ3n) is 4.81. The Morgan fingerprint density at radius 3 is 2.62 bits per heavy atom. The lowest BCUT2D eigenvalue weighted by Crippen LogP contribution is -2.23. The topological polar surface area (TPSA) is 66.4 Å². The highest BCUT2D eigenvalue weighted by Gasteiger charge is 2.34. The molecule has 0 spiro atoms. The molecule has 2 aliphatic rings. The second-order valence-electron chi connectivity index (χ2n) is 6.18. The van der Waals surface area contributed by atoms with E-state index in [1.165, 1.54) is 24.0 Å². The van der Waals surface area contributed by atoms with Crippen LogP contribution in [-0.2, 0) is 22.4 Å². The molecule has 4 heteroatoms. The SMILES string of the molecule is O=C(O)C1CCC(C(=O)Nc2cccc3c2CCCC3)C1. The molecular formula is C17H21NO3. The van der Waals surface area contributed by atoms with E-state index in [9.17, 15) is 9.59 Å². The molecule has 2 N–H and O–H groups in total. The Morgan fingerprint density at radius 1 is 1.10 bits per heavy atom. The predicted molar refractivity (Wildman–Crippen MR) is 80.2 cm³/mol. The molecule has 0 bridgehead atoms. The standard InChI is InChI=1S/C17H21NO3/c19-16(12-8-9-13(10-12)17(20)21)18-15-7-3-5-11-4-1-2-6-14(11)15/h3,5,7,12-13H,1-2,4,6,8-10H2,(H,18,19)(H,20,21). The highest BCUT2D eigenvalue weighted by molar-refractivity contribution is 5.94. The summed E-state index contributed by atoms with van der Waals surface area (Å²) in [5.41, 5.74) is 3.54. The van der Waals surface area contributed by atoms with Crippen LogP contribution in [0.3, 0.4) is 0 Å². The molecule has 1 saturated carbocycles. The molecule has 2 aliphatic carbocycles. The Hall–Kier alpha value is -1.84. The Labute approximate surface area is 124 Å². The van der Waals surface area contributed by atoms with E-state index in [0.29, 0.717) is 19.3 Å². The number of aliphatic carboxylic acids is 1. The van der Waals surface area contributed by atoms with Crippen LogP contribution in [0, 0.1) is 11.8 Å². The van der Waals surface area contributed by atoms with Crippen LogP contribution in [0.15, 0.2) is 18.2 Å². The van der Waals surface area contributed by atoms with Crippen LogP contribution in [0.5, 0.6) is 0 Å². The molecule has 0 aliphatic heterocycles. The summed E-state index contributed by atoms with van der Waals surface area (Å²) < 4.78 is 0. The summed E-state index contributed by atoms with van der Waals surface area (Å²) in [5.74, 6) is -1.31. The van der Waals surface area contributed by atoms with Crippen molar-refractivity contribution in [3.8, 4) is 0 Å². The number of anilines is 1. The van der Waals surface area contributed by atoms with Crippen LogP contribution in [0.4, 0.5) is 5.69 Å². The normalized spacial score (nSPS) is 24.4. The molecule has 1 aromatic carbocycles. The van der Waals surface area contributed by atoms with Gasteiger partial charge in [0.2, 0.25) is 5.91 Å². The van der Waals surface area contributed by atoms with Gasteiger partial charge in [-0.25, -0.2) is 0 Å². The highest BCUT2D eigenvalue weighted by Crippen LogP contribution is 2.33. The fourth-order valence-electron chi connectivity index (χ4n) is 3.58. The maximum atomic E-state index is 12.4. The van der Waals surface area contributed by atoms with Crippen LogP contribution in [0.2, 0.25) is 0 Å². The zero-order chi connectivity index (χ0) is 14.8. The lowest BCUT2D eigenvalue weighted by Gasteiger charge is -2.20. The number of hydrogen-bond acceptors (Lipinski definition) is 2. The first kappa shape index (κ1) is 14.1. The van der Waals surface area contributed by atoms with Gasteiger partial charge in [0.05, 0.1) is 5.92 Å². The van der Waals surface area contributed by atoms with Gasteiger partial charge in [0.1, 0.15) is 0 Å². The van der Waals surface area contributed by atoms with Gasteiger partial charge in [-0.1, -0.05) is 12.1 Å². The minimum Gasteiger partial charge on any atom is -0.481 e. The van der Waals surface area contributed by atoms with Gasteiger partial charge >= 0.3 is 5.97 Å². The van der Waals surface area contributed by atoms with E-state index in [4.69, 9.17) is 5.11 Å². The number of hydrogen-bond donors (Lipinski definition) is 2. The lowest BCUT2D eigenvalue weighted by atomic mass is 9.90. The zero-order valence-corrected chi connectivity index (χ0v) is 12.1. The van der Waals surface area contributed by atoms with E-state index in [0.717, 1.165) is 18.5 Å². The summed E-state index contributed by atoms with van der Waals surface area (Å²) in [6.07, 6.45) is 6.25. The van der Waals surface area contributed by atoms with Crippen molar-refractivity contribution in [1.29, 1.82) is 0 Å². The van der Waals surface area contributed by atoms with Crippen molar-refractivity contribution in [2.24, 2.45) is 11.8 Å². The van der Waals surface area contributed by atoms with Crippen LogP contribution < -0.4 is 5.32 Å². The average Bonchev–Trinajstić information content (AvgIpc) is 2.98. The smallest absolute Gasteiger partial charge is 0.306 e. The maximum Gasteiger partial charge on any atom is 0.306 e. The molecule has 21 heavy (non-hydrogen) atoms. The number of fused-ring (bicyclic) bond motifs is 1.